The number of halogens is 1. The van der Waals surface area contributed by atoms with Gasteiger partial charge in [0.1, 0.15) is 5.76 Å². The number of phosphoric ester groups is 1. The molecule has 6 heteroatoms. The van der Waals surface area contributed by atoms with Crippen molar-refractivity contribution in [2.45, 2.75) is 40.0 Å². The average Bonchev–Trinajstić information content (AvgIpc) is 2.52. The Balaban J connectivity index is 3.08. The van der Waals surface area contributed by atoms with Gasteiger partial charge in [0.05, 0.1) is 17.7 Å². The maximum absolute atomic E-state index is 12.6. The molecule has 1 aromatic carbocycles. The third kappa shape index (κ3) is 6.25. The van der Waals surface area contributed by atoms with Gasteiger partial charge >= 0.3 is 7.82 Å². The molecule has 0 N–H and O–H groups in total. The number of hydrogen-bond acceptors (Lipinski definition) is 4. The fraction of sp³-hybridized carbons (Fsp3) is 0.500. The second-order valence-corrected chi connectivity index (χ2v) is 6.97. The van der Waals surface area contributed by atoms with Gasteiger partial charge in [-0.05, 0) is 41.8 Å². The van der Waals surface area contributed by atoms with Crippen LogP contribution in [0.2, 0.25) is 0 Å². The summed E-state index contributed by atoms with van der Waals surface area (Å²) in [4.78, 5) is 0. The van der Waals surface area contributed by atoms with E-state index in [1.807, 2.05) is 30.3 Å². The predicted octanol–water partition coefficient (Wildman–Crippen LogP) is 6.14. The normalized spacial score (nSPS) is 12.9. The minimum absolute atomic E-state index is 0.265. The first-order valence-electron chi connectivity index (χ1n) is 7.59. The molecule has 0 radical (unpaired) electrons. The van der Waals surface area contributed by atoms with Crippen LogP contribution in [0.1, 0.15) is 45.6 Å². The highest BCUT2D eigenvalue weighted by Crippen LogP contribution is 2.53. The molecule has 0 aliphatic heterocycles. The van der Waals surface area contributed by atoms with Gasteiger partial charge in [0.15, 0.2) is 0 Å². The fourth-order valence-electron chi connectivity index (χ4n) is 1.82. The van der Waals surface area contributed by atoms with Crippen LogP contribution in [0.5, 0.6) is 0 Å². The summed E-state index contributed by atoms with van der Waals surface area (Å²) in [6.45, 7) is 6.15. The predicted molar refractivity (Wildman–Crippen MR) is 93.8 cm³/mol. The number of rotatable bonds is 10. The summed E-state index contributed by atoms with van der Waals surface area (Å²) in [5.74, 6) is 0.596. The van der Waals surface area contributed by atoms with E-state index in [2.05, 4.69) is 22.9 Å². The summed E-state index contributed by atoms with van der Waals surface area (Å²) in [6, 6.07) is 9.76. The Morgan fingerprint density at radius 1 is 1.09 bits per heavy atom. The molecule has 0 unspecified atom stereocenters. The molecule has 0 aliphatic carbocycles. The van der Waals surface area contributed by atoms with Gasteiger partial charge in [-0.1, -0.05) is 43.7 Å². The van der Waals surface area contributed by atoms with E-state index < -0.39 is 7.82 Å². The summed E-state index contributed by atoms with van der Waals surface area (Å²) in [5.41, 5.74) is 0.966. The van der Waals surface area contributed by atoms with Gasteiger partial charge < -0.3 is 4.52 Å². The zero-order chi connectivity index (χ0) is 16.4. The Bertz CT molecular complexity index is 506. The van der Waals surface area contributed by atoms with Crippen molar-refractivity contribution in [3.05, 3.63) is 41.7 Å². The molecular formula is C16H24BrO4P. The Morgan fingerprint density at radius 3 is 2.18 bits per heavy atom. The molecule has 0 aliphatic rings. The standard InChI is InChI=1S/C16H24BrO4P/c1-4-7-13-15(16(17)14-11-9-8-10-12-14)21-22(18,19-5-2)20-6-3/h8-12H,4-7,13H2,1-3H3/b16-15-. The van der Waals surface area contributed by atoms with Crippen molar-refractivity contribution in [1.29, 1.82) is 0 Å². The highest BCUT2D eigenvalue weighted by molar-refractivity contribution is 9.15. The average molecular weight is 391 g/mol. The van der Waals surface area contributed by atoms with Crippen LogP contribution in [0.3, 0.4) is 0 Å². The summed E-state index contributed by atoms with van der Waals surface area (Å²) in [5, 5.41) is 0. The molecule has 0 bridgehead atoms. The third-order valence-corrected chi connectivity index (χ3v) is 5.32. The van der Waals surface area contributed by atoms with E-state index in [1.165, 1.54) is 0 Å². The van der Waals surface area contributed by atoms with Gasteiger partial charge in [-0.2, -0.15) is 0 Å². The molecule has 22 heavy (non-hydrogen) atoms. The van der Waals surface area contributed by atoms with Crippen molar-refractivity contribution in [2.75, 3.05) is 13.2 Å². The van der Waals surface area contributed by atoms with Crippen LogP contribution in [0, 0.1) is 0 Å². The molecule has 0 saturated heterocycles. The lowest BCUT2D eigenvalue weighted by molar-refractivity contribution is 0.143. The summed E-state index contributed by atoms with van der Waals surface area (Å²) < 4.78 is 29.5. The van der Waals surface area contributed by atoms with E-state index in [4.69, 9.17) is 13.6 Å². The monoisotopic (exact) mass is 390 g/mol. The Kier molecular flexibility index (Phi) is 9.03. The molecule has 124 valence electrons. The number of phosphoric acid groups is 1. The minimum Gasteiger partial charge on any atom is -0.407 e. The molecule has 0 amide bonds. The Hall–Kier alpha value is -0.610. The lowest BCUT2D eigenvalue weighted by Gasteiger charge is -2.20. The molecule has 1 aromatic rings. The first-order valence-corrected chi connectivity index (χ1v) is 9.84. The topological polar surface area (TPSA) is 44.8 Å². The number of hydrogen-bond donors (Lipinski definition) is 0. The van der Waals surface area contributed by atoms with Gasteiger partial charge in [0, 0.05) is 6.42 Å². The van der Waals surface area contributed by atoms with Crippen LogP contribution >= 0.6 is 23.8 Å². The summed E-state index contributed by atoms with van der Waals surface area (Å²) in [6.07, 6.45) is 2.60. The highest BCUT2D eigenvalue weighted by atomic mass is 79.9. The van der Waals surface area contributed by atoms with Gasteiger partial charge in [-0.25, -0.2) is 4.57 Å². The highest BCUT2D eigenvalue weighted by Gasteiger charge is 2.29. The van der Waals surface area contributed by atoms with Crippen LogP contribution in [-0.2, 0) is 18.1 Å². The van der Waals surface area contributed by atoms with Crippen molar-refractivity contribution < 1.29 is 18.1 Å². The number of allylic oxidation sites excluding steroid dienone is 1. The van der Waals surface area contributed by atoms with Gasteiger partial charge in [-0.3, -0.25) is 9.05 Å². The Morgan fingerprint density at radius 2 is 1.68 bits per heavy atom. The quantitative estimate of drug-likeness (QED) is 0.355. The Labute approximate surface area is 141 Å². The van der Waals surface area contributed by atoms with Crippen LogP contribution in [-0.4, -0.2) is 13.2 Å². The van der Waals surface area contributed by atoms with Crippen molar-refractivity contribution in [3.8, 4) is 0 Å². The molecule has 0 atom stereocenters. The van der Waals surface area contributed by atoms with Crippen LogP contribution < -0.4 is 0 Å². The molecule has 0 fully saturated rings. The summed E-state index contributed by atoms with van der Waals surface area (Å²) >= 11 is 3.56. The lowest BCUT2D eigenvalue weighted by atomic mass is 10.1. The van der Waals surface area contributed by atoms with Crippen molar-refractivity contribution in [1.82, 2.24) is 0 Å². The molecule has 0 spiro atoms. The smallest absolute Gasteiger partial charge is 0.407 e. The van der Waals surface area contributed by atoms with E-state index in [0.29, 0.717) is 12.2 Å². The van der Waals surface area contributed by atoms with Crippen LogP contribution in [0.25, 0.3) is 4.48 Å². The maximum atomic E-state index is 12.6. The van der Waals surface area contributed by atoms with E-state index in [1.54, 1.807) is 13.8 Å². The fourth-order valence-corrected chi connectivity index (χ4v) is 3.75. The van der Waals surface area contributed by atoms with Gasteiger partial charge in [0.2, 0.25) is 0 Å². The van der Waals surface area contributed by atoms with Crippen molar-refractivity contribution in [2.24, 2.45) is 0 Å². The molecule has 4 nitrogen and oxygen atoms in total. The first-order chi connectivity index (χ1) is 10.6. The van der Waals surface area contributed by atoms with E-state index in [9.17, 15) is 4.57 Å². The van der Waals surface area contributed by atoms with E-state index in [-0.39, 0.29) is 13.2 Å². The van der Waals surface area contributed by atoms with Crippen LogP contribution in [0.15, 0.2) is 36.1 Å². The molecular weight excluding hydrogens is 367 g/mol. The van der Waals surface area contributed by atoms with E-state index >= 15 is 0 Å². The van der Waals surface area contributed by atoms with E-state index in [0.717, 1.165) is 22.9 Å². The zero-order valence-electron chi connectivity index (χ0n) is 13.4. The molecule has 0 aromatic heterocycles. The second kappa shape index (κ2) is 10.2. The number of unbranched alkanes of at least 4 members (excludes halogenated alkanes) is 1. The van der Waals surface area contributed by atoms with Gasteiger partial charge in [-0.15, -0.1) is 0 Å². The third-order valence-electron chi connectivity index (χ3n) is 2.83. The van der Waals surface area contributed by atoms with Crippen molar-refractivity contribution in [3.63, 3.8) is 0 Å². The van der Waals surface area contributed by atoms with Crippen LogP contribution in [0.4, 0.5) is 0 Å². The molecule has 1 rings (SSSR count). The number of benzene rings is 1. The molecule has 0 heterocycles. The maximum Gasteiger partial charge on any atom is 0.529 e. The summed E-state index contributed by atoms with van der Waals surface area (Å²) in [7, 11) is -3.58. The second-order valence-electron chi connectivity index (χ2n) is 4.58. The molecule has 0 saturated carbocycles. The first kappa shape index (κ1) is 19.4. The largest absolute Gasteiger partial charge is 0.529 e. The lowest BCUT2D eigenvalue weighted by Crippen LogP contribution is -2.02. The van der Waals surface area contributed by atoms with Crippen molar-refractivity contribution >= 4 is 28.2 Å². The van der Waals surface area contributed by atoms with Gasteiger partial charge in [0.25, 0.3) is 0 Å². The SMILES string of the molecule is CCCC/C(OP(=O)(OCC)OCC)=C(/Br)c1ccccc1. The minimum atomic E-state index is -3.58. The zero-order valence-corrected chi connectivity index (χ0v) is 15.9.